The maximum absolute atomic E-state index is 12.6. The van der Waals surface area contributed by atoms with Crippen molar-refractivity contribution in [1.29, 1.82) is 0 Å². The molecule has 5 nitrogen and oxygen atoms in total. The predicted octanol–water partition coefficient (Wildman–Crippen LogP) is 3.03. The topological polar surface area (TPSA) is 66.8 Å². The molecule has 0 radical (unpaired) electrons. The second-order valence-corrected chi connectivity index (χ2v) is 6.44. The Morgan fingerprint density at radius 3 is 2.54 bits per heavy atom. The fraction of sp³-hybridized carbons (Fsp3) is 0.474. The molecule has 1 aliphatic heterocycles. The number of carbonyl (C=O) groups excluding carboxylic acids is 2. The van der Waals surface area contributed by atoms with Gasteiger partial charge in [-0.2, -0.15) is 0 Å². The lowest BCUT2D eigenvalue weighted by atomic mass is 9.92. The molecule has 0 saturated carbocycles. The summed E-state index contributed by atoms with van der Waals surface area (Å²) in [6.07, 6.45) is 0.951. The van der Waals surface area contributed by atoms with Gasteiger partial charge >= 0.3 is 0 Å². The number of carbonyl (C=O) groups is 2. The van der Waals surface area contributed by atoms with Crippen LogP contribution in [0.5, 0.6) is 0 Å². The zero-order valence-electron chi connectivity index (χ0n) is 14.5. The third-order valence-corrected chi connectivity index (χ3v) is 4.06. The molecule has 0 aliphatic carbocycles. The molecule has 1 atom stereocenters. The van der Waals surface area contributed by atoms with Gasteiger partial charge in [0, 0.05) is 26.7 Å². The van der Waals surface area contributed by atoms with Crippen LogP contribution in [0.1, 0.15) is 38.3 Å². The highest BCUT2D eigenvalue weighted by Gasteiger charge is 2.42. The van der Waals surface area contributed by atoms with Crippen LogP contribution in [0.25, 0.3) is 0 Å². The van der Waals surface area contributed by atoms with Crippen LogP contribution in [0.3, 0.4) is 0 Å². The second-order valence-electron chi connectivity index (χ2n) is 6.44. The molecule has 0 aromatic heterocycles. The van der Waals surface area contributed by atoms with Crippen LogP contribution in [0.2, 0.25) is 0 Å². The van der Waals surface area contributed by atoms with Crippen LogP contribution < -0.4 is 0 Å². The van der Waals surface area contributed by atoms with Gasteiger partial charge in [0.1, 0.15) is 0 Å². The summed E-state index contributed by atoms with van der Waals surface area (Å²) >= 11 is 0. The number of hydrogen-bond acceptors (Lipinski definition) is 4. The SMILES string of the molecule is COCCCN1C(=O)C(O)=C(C(=O)CC(C)C)C1c1ccccc1. The number of hydrogen-bond donors (Lipinski definition) is 1. The Kier molecular flexibility index (Phi) is 6.15. The molecule has 1 heterocycles. The molecule has 0 spiro atoms. The molecular formula is C19H25NO4. The van der Waals surface area contributed by atoms with Gasteiger partial charge in [-0.25, -0.2) is 0 Å². The van der Waals surface area contributed by atoms with E-state index in [9.17, 15) is 14.7 Å². The smallest absolute Gasteiger partial charge is 0.290 e. The average Bonchev–Trinajstić information content (AvgIpc) is 2.80. The number of benzene rings is 1. The van der Waals surface area contributed by atoms with Crippen molar-refractivity contribution in [2.75, 3.05) is 20.3 Å². The molecule has 2 rings (SSSR count). The van der Waals surface area contributed by atoms with Gasteiger partial charge in [0.2, 0.25) is 0 Å². The summed E-state index contributed by atoms with van der Waals surface area (Å²) in [7, 11) is 1.60. The van der Waals surface area contributed by atoms with E-state index in [1.807, 2.05) is 44.2 Å². The lowest BCUT2D eigenvalue weighted by Gasteiger charge is -2.27. The van der Waals surface area contributed by atoms with Crippen molar-refractivity contribution in [3.63, 3.8) is 0 Å². The minimum absolute atomic E-state index is 0.159. The highest BCUT2D eigenvalue weighted by Crippen LogP contribution is 2.38. The zero-order valence-corrected chi connectivity index (χ0v) is 14.5. The maximum atomic E-state index is 12.6. The molecule has 5 heteroatoms. The zero-order chi connectivity index (χ0) is 17.7. The van der Waals surface area contributed by atoms with E-state index in [1.54, 1.807) is 12.0 Å². The molecule has 0 saturated heterocycles. The van der Waals surface area contributed by atoms with Crippen molar-refractivity contribution in [2.45, 2.75) is 32.7 Å². The summed E-state index contributed by atoms with van der Waals surface area (Å²) in [6.45, 7) is 4.83. The lowest BCUT2D eigenvalue weighted by molar-refractivity contribution is -0.129. The Morgan fingerprint density at radius 2 is 1.96 bits per heavy atom. The third-order valence-electron chi connectivity index (χ3n) is 4.06. The number of ether oxygens (including phenoxy) is 1. The number of Topliss-reactive ketones (excluding diaryl/α,β-unsaturated/α-hetero) is 1. The van der Waals surface area contributed by atoms with Crippen molar-refractivity contribution in [2.24, 2.45) is 5.92 Å². The van der Waals surface area contributed by atoms with Crippen LogP contribution in [-0.2, 0) is 14.3 Å². The molecule has 0 fully saturated rings. The quantitative estimate of drug-likeness (QED) is 0.744. The summed E-state index contributed by atoms with van der Waals surface area (Å²) < 4.78 is 5.05. The molecule has 0 bridgehead atoms. The first-order chi connectivity index (χ1) is 11.5. The van der Waals surface area contributed by atoms with E-state index in [4.69, 9.17) is 4.74 Å². The molecule has 130 valence electrons. The number of methoxy groups -OCH3 is 1. The maximum Gasteiger partial charge on any atom is 0.290 e. The van der Waals surface area contributed by atoms with E-state index in [0.29, 0.717) is 26.0 Å². The van der Waals surface area contributed by atoms with Crippen LogP contribution in [0.15, 0.2) is 41.7 Å². The van der Waals surface area contributed by atoms with Crippen molar-refractivity contribution >= 4 is 11.7 Å². The van der Waals surface area contributed by atoms with Gasteiger partial charge in [0.25, 0.3) is 5.91 Å². The first-order valence-corrected chi connectivity index (χ1v) is 8.28. The molecule has 1 N–H and O–H groups in total. The monoisotopic (exact) mass is 331 g/mol. The van der Waals surface area contributed by atoms with Crippen LogP contribution in [0, 0.1) is 5.92 Å². The first-order valence-electron chi connectivity index (χ1n) is 8.28. The summed E-state index contributed by atoms with van der Waals surface area (Å²) in [5.74, 6) is -0.898. The largest absolute Gasteiger partial charge is 0.503 e. The Morgan fingerprint density at radius 1 is 1.29 bits per heavy atom. The fourth-order valence-electron chi connectivity index (χ4n) is 3.01. The number of rotatable bonds is 8. The summed E-state index contributed by atoms with van der Waals surface area (Å²) in [5, 5.41) is 10.3. The van der Waals surface area contributed by atoms with Gasteiger partial charge in [0.05, 0.1) is 11.6 Å². The fourth-order valence-corrected chi connectivity index (χ4v) is 3.01. The van der Waals surface area contributed by atoms with Crippen LogP contribution in [-0.4, -0.2) is 42.0 Å². The van der Waals surface area contributed by atoms with Crippen LogP contribution in [0.4, 0.5) is 0 Å². The van der Waals surface area contributed by atoms with Gasteiger partial charge in [-0.1, -0.05) is 44.2 Å². The first kappa shape index (κ1) is 18.2. The molecular weight excluding hydrogens is 306 g/mol. The predicted molar refractivity (Wildman–Crippen MR) is 91.5 cm³/mol. The Balaban J connectivity index is 2.38. The highest BCUT2D eigenvalue weighted by atomic mass is 16.5. The van der Waals surface area contributed by atoms with Gasteiger partial charge in [-0.05, 0) is 17.9 Å². The molecule has 1 aliphatic rings. The van der Waals surface area contributed by atoms with Crippen molar-refractivity contribution in [1.82, 2.24) is 4.90 Å². The van der Waals surface area contributed by atoms with Gasteiger partial charge < -0.3 is 14.7 Å². The number of amides is 1. The van der Waals surface area contributed by atoms with Crippen molar-refractivity contribution in [3.05, 3.63) is 47.2 Å². The van der Waals surface area contributed by atoms with Gasteiger partial charge in [0.15, 0.2) is 11.5 Å². The van der Waals surface area contributed by atoms with E-state index in [0.717, 1.165) is 5.56 Å². The number of aliphatic hydroxyl groups is 1. The average molecular weight is 331 g/mol. The van der Waals surface area contributed by atoms with E-state index in [1.165, 1.54) is 0 Å². The Labute approximate surface area is 142 Å². The number of aliphatic hydroxyl groups excluding tert-OH is 1. The lowest BCUT2D eigenvalue weighted by Crippen LogP contribution is -2.32. The summed E-state index contributed by atoms with van der Waals surface area (Å²) in [5.41, 5.74) is 1.05. The Hall–Kier alpha value is -2.14. The number of ketones is 1. The molecule has 1 amide bonds. The third kappa shape index (κ3) is 3.85. The van der Waals surface area contributed by atoms with Gasteiger partial charge in [-0.3, -0.25) is 9.59 Å². The summed E-state index contributed by atoms with van der Waals surface area (Å²) in [6, 6.07) is 8.85. The highest BCUT2D eigenvalue weighted by molar-refractivity contribution is 6.09. The minimum Gasteiger partial charge on any atom is -0.503 e. The van der Waals surface area contributed by atoms with Crippen molar-refractivity contribution < 1.29 is 19.4 Å². The van der Waals surface area contributed by atoms with E-state index < -0.39 is 17.7 Å². The van der Waals surface area contributed by atoms with Crippen LogP contribution >= 0.6 is 0 Å². The second kappa shape index (κ2) is 8.11. The minimum atomic E-state index is -0.526. The standard InChI is InChI=1S/C19H25NO4/c1-13(2)12-15(21)16-17(14-8-5-4-6-9-14)20(10-7-11-24-3)19(23)18(16)22/h4-6,8-9,13,17,22H,7,10-12H2,1-3H3. The summed E-state index contributed by atoms with van der Waals surface area (Å²) in [4.78, 5) is 26.7. The normalized spacial score (nSPS) is 17.9. The molecule has 24 heavy (non-hydrogen) atoms. The van der Waals surface area contributed by atoms with E-state index >= 15 is 0 Å². The molecule has 1 aromatic rings. The molecule has 1 unspecified atom stereocenters. The van der Waals surface area contributed by atoms with E-state index in [2.05, 4.69) is 0 Å². The van der Waals surface area contributed by atoms with Gasteiger partial charge in [-0.15, -0.1) is 0 Å². The molecule has 1 aromatic carbocycles. The van der Waals surface area contributed by atoms with Crippen molar-refractivity contribution in [3.8, 4) is 0 Å². The Bertz CT molecular complexity index is 622. The van der Waals surface area contributed by atoms with E-state index in [-0.39, 0.29) is 17.3 Å². The number of nitrogens with zero attached hydrogens (tertiary/aromatic N) is 1.